The Morgan fingerprint density at radius 2 is 2.29 bits per heavy atom. The molecule has 0 spiro atoms. The normalized spacial score (nSPS) is 10.4. The van der Waals surface area contributed by atoms with Crippen molar-refractivity contribution in [3.8, 4) is 5.75 Å². The molecule has 6 heteroatoms. The van der Waals surface area contributed by atoms with Crippen molar-refractivity contribution in [2.24, 2.45) is 0 Å². The van der Waals surface area contributed by atoms with Gasteiger partial charge in [-0.1, -0.05) is 6.07 Å². The van der Waals surface area contributed by atoms with Crippen LogP contribution in [0.3, 0.4) is 0 Å². The number of aromatic nitrogens is 2. The fourth-order valence-corrected chi connectivity index (χ4v) is 1.70. The summed E-state index contributed by atoms with van der Waals surface area (Å²) >= 11 is 4.80. The number of aryl methyl sites for hydroxylation is 2. The number of methoxy groups -OCH3 is 1. The second kappa shape index (κ2) is 5.01. The number of nitrogens with one attached hydrogen (secondary N) is 1. The summed E-state index contributed by atoms with van der Waals surface area (Å²) in [6.45, 7) is 0. The van der Waals surface area contributed by atoms with Crippen LogP contribution in [-0.2, 0) is 12.8 Å². The van der Waals surface area contributed by atoms with Gasteiger partial charge in [0.25, 0.3) is 4.84 Å². The zero-order chi connectivity index (χ0) is 12.3. The summed E-state index contributed by atoms with van der Waals surface area (Å²) in [7, 11) is 1.60. The first-order chi connectivity index (χ1) is 8.19. The standard InChI is InChI=1S/C11H13N3O2S/c1-15-9-4-2-7(6-8(9)12)3-5-10-13-14-11(17)16-10/h2,4,6H,3,5,12H2,1H3,(H,14,17). The molecule has 0 atom stereocenters. The minimum absolute atomic E-state index is 0.300. The van der Waals surface area contributed by atoms with Crippen molar-refractivity contribution in [2.75, 3.05) is 12.8 Å². The number of ether oxygens (including phenoxy) is 1. The molecule has 0 aliphatic heterocycles. The highest BCUT2D eigenvalue weighted by Gasteiger charge is 2.03. The van der Waals surface area contributed by atoms with Crippen LogP contribution in [0.15, 0.2) is 22.6 Å². The number of nitrogens with zero attached hydrogens (tertiary/aromatic N) is 1. The number of nitrogens with two attached hydrogens (primary N) is 1. The molecule has 0 amide bonds. The highest BCUT2D eigenvalue weighted by atomic mass is 32.1. The Hall–Kier alpha value is -1.82. The van der Waals surface area contributed by atoms with Gasteiger partial charge < -0.3 is 14.9 Å². The second-order valence-corrected chi connectivity index (χ2v) is 3.95. The molecule has 2 rings (SSSR count). The largest absolute Gasteiger partial charge is 0.495 e. The molecule has 1 aromatic heterocycles. The predicted octanol–water partition coefficient (Wildman–Crippen LogP) is 2.11. The summed E-state index contributed by atoms with van der Waals surface area (Å²) in [5.74, 6) is 1.29. The fourth-order valence-electron chi connectivity index (χ4n) is 1.56. The van der Waals surface area contributed by atoms with Crippen molar-refractivity contribution in [3.63, 3.8) is 0 Å². The molecular weight excluding hydrogens is 238 g/mol. The minimum atomic E-state index is 0.300. The Morgan fingerprint density at radius 3 is 2.88 bits per heavy atom. The van der Waals surface area contributed by atoms with E-state index in [1.54, 1.807) is 7.11 Å². The van der Waals surface area contributed by atoms with Gasteiger partial charge in [-0.2, -0.15) is 0 Å². The van der Waals surface area contributed by atoms with Gasteiger partial charge in [-0.3, -0.25) is 0 Å². The number of hydrogen-bond acceptors (Lipinski definition) is 5. The number of H-pyrrole nitrogens is 1. The zero-order valence-corrected chi connectivity index (χ0v) is 10.2. The molecule has 1 aromatic carbocycles. The Morgan fingerprint density at radius 1 is 1.47 bits per heavy atom. The van der Waals surface area contributed by atoms with Crippen LogP contribution in [0.5, 0.6) is 5.75 Å². The third kappa shape index (κ3) is 2.85. The smallest absolute Gasteiger partial charge is 0.284 e. The molecule has 0 saturated carbocycles. The minimum Gasteiger partial charge on any atom is -0.495 e. The van der Waals surface area contributed by atoms with Gasteiger partial charge >= 0.3 is 0 Å². The third-order valence-electron chi connectivity index (χ3n) is 2.40. The highest BCUT2D eigenvalue weighted by molar-refractivity contribution is 7.71. The molecule has 17 heavy (non-hydrogen) atoms. The first kappa shape index (κ1) is 11.7. The van der Waals surface area contributed by atoms with Gasteiger partial charge in [0.05, 0.1) is 12.8 Å². The van der Waals surface area contributed by atoms with Crippen molar-refractivity contribution < 1.29 is 9.15 Å². The molecule has 0 radical (unpaired) electrons. The van der Waals surface area contributed by atoms with E-state index in [-0.39, 0.29) is 0 Å². The van der Waals surface area contributed by atoms with Crippen LogP contribution in [0, 0.1) is 4.84 Å². The van der Waals surface area contributed by atoms with Crippen LogP contribution >= 0.6 is 12.2 Å². The quantitative estimate of drug-likeness (QED) is 0.643. The van der Waals surface area contributed by atoms with E-state index in [9.17, 15) is 0 Å². The molecule has 0 saturated heterocycles. The monoisotopic (exact) mass is 251 g/mol. The van der Waals surface area contributed by atoms with Gasteiger partial charge in [0, 0.05) is 6.42 Å². The van der Waals surface area contributed by atoms with Gasteiger partial charge in [0.2, 0.25) is 5.89 Å². The predicted molar refractivity (Wildman–Crippen MR) is 66.5 cm³/mol. The molecule has 1 heterocycles. The SMILES string of the molecule is COc1ccc(CCc2n[nH]c(=S)o2)cc1N. The molecule has 3 N–H and O–H groups in total. The molecule has 5 nitrogen and oxygen atoms in total. The maximum Gasteiger partial charge on any atom is 0.284 e. The van der Waals surface area contributed by atoms with E-state index in [2.05, 4.69) is 10.2 Å². The van der Waals surface area contributed by atoms with Crippen LogP contribution in [0.25, 0.3) is 0 Å². The van der Waals surface area contributed by atoms with Crippen molar-refractivity contribution in [1.82, 2.24) is 10.2 Å². The molecule has 0 unspecified atom stereocenters. The lowest BCUT2D eigenvalue weighted by Gasteiger charge is -2.06. The average molecular weight is 251 g/mol. The maximum atomic E-state index is 5.82. The number of rotatable bonds is 4. The van der Waals surface area contributed by atoms with Crippen LogP contribution in [0.2, 0.25) is 0 Å². The molecule has 90 valence electrons. The summed E-state index contributed by atoms with van der Waals surface area (Å²) in [5.41, 5.74) is 7.55. The van der Waals surface area contributed by atoms with E-state index in [1.165, 1.54) is 0 Å². The summed E-state index contributed by atoms with van der Waals surface area (Å²) in [6, 6.07) is 5.71. The van der Waals surface area contributed by atoms with E-state index < -0.39 is 0 Å². The number of hydrogen-bond donors (Lipinski definition) is 2. The van der Waals surface area contributed by atoms with E-state index in [0.29, 0.717) is 28.6 Å². The lowest BCUT2D eigenvalue weighted by Crippen LogP contribution is -1.96. The number of aromatic amines is 1. The third-order valence-corrected chi connectivity index (χ3v) is 2.58. The Bertz CT molecular complexity index is 562. The maximum absolute atomic E-state index is 5.82. The summed E-state index contributed by atoms with van der Waals surface area (Å²) < 4.78 is 10.3. The number of anilines is 1. The van der Waals surface area contributed by atoms with E-state index >= 15 is 0 Å². The lowest BCUT2D eigenvalue weighted by molar-refractivity contribution is 0.417. The number of nitrogen functional groups attached to an aromatic ring is 1. The summed E-state index contributed by atoms with van der Waals surface area (Å²) in [6.07, 6.45) is 1.47. The summed E-state index contributed by atoms with van der Waals surface area (Å²) in [4.78, 5) is 0.300. The zero-order valence-electron chi connectivity index (χ0n) is 9.40. The van der Waals surface area contributed by atoms with Crippen molar-refractivity contribution in [3.05, 3.63) is 34.5 Å². The van der Waals surface area contributed by atoms with Gasteiger partial charge in [0.1, 0.15) is 5.75 Å². The Kier molecular flexibility index (Phi) is 3.43. The first-order valence-electron chi connectivity index (χ1n) is 5.16. The highest BCUT2D eigenvalue weighted by Crippen LogP contribution is 2.22. The second-order valence-electron chi connectivity index (χ2n) is 3.58. The van der Waals surface area contributed by atoms with Crippen molar-refractivity contribution in [2.45, 2.75) is 12.8 Å². The average Bonchev–Trinajstić information content (AvgIpc) is 2.73. The van der Waals surface area contributed by atoms with Crippen LogP contribution in [0.4, 0.5) is 5.69 Å². The Balaban J connectivity index is 2.04. The van der Waals surface area contributed by atoms with Crippen molar-refractivity contribution in [1.29, 1.82) is 0 Å². The molecule has 2 aromatic rings. The fraction of sp³-hybridized carbons (Fsp3) is 0.273. The molecular formula is C11H13N3O2S. The summed E-state index contributed by atoms with van der Waals surface area (Å²) in [5, 5.41) is 6.52. The Labute approximate surface area is 104 Å². The van der Waals surface area contributed by atoms with E-state index in [4.69, 9.17) is 27.1 Å². The van der Waals surface area contributed by atoms with E-state index in [0.717, 1.165) is 12.0 Å². The topological polar surface area (TPSA) is 77.1 Å². The molecule has 0 bridgehead atoms. The van der Waals surface area contributed by atoms with Gasteiger partial charge in [-0.15, -0.1) is 5.10 Å². The van der Waals surface area contributed by atoms with Gasteiger partial charge in [-0.05, 0) is 36.3 Å². The molecule has 0 fully saturated rings. The molecule has 0 aliphatic carbocycles. The van der Waals surface area contributed by atoms with Gasteiger partial charge in [-0.25, -0.2) is 5.10 Å². The van der Waals surface area contributed by atoms with E-state index in [1.807, 2.05) is 18.2 Å². The van der Waals surface area contributed by atoms with Gasteiger partial charge in [0.15, 0.2) is 0 Å². The van der Waals surface area contributed by atoms with Crippen LogP contribution < -0.4 is 10.5 Å². The van der Waals surface area contributed by atoms with Crippen LogP contribution in [-0.4, -0.2) is 17.3 Å². The first-order valence-corrected chi connectivity index (χ1v) is 5.56. The van der Waals surface area contributed by atoms with Crippen LogP contribution in [0.1, 0.15) is 11.5 Å². The molecule has 0 aliphatic rings. The lowest BCUT2D eigenvalue weighted by atomic mass is 10.1. The number of benzene rings is 1. The van der Waals surface area contributed by atoms with Crippen molar-refractivity contribution >= 4 is 17.9 Å².